The van der Waals surface area contributed by atoms with Crippen molar-refractivity contribution >= 4 is 28.5 Å². The topological polar surface area (TPSA) is 134 Å². The summed E-state index contributed by atoms with van der Waals surface area (Å²) in [5, 5.41) is 26.5. The van der Waals surface area contributed by atoms with Crippen molar-refractivity contribution in [2.45, 2.75) is 25.3 Å². The first-order chi connectivity index (χ1) is 12.5. The molecule has 5 N–H and O–H groups in total. The van der Waals surface area contributed by atoms with Crippen molar-refractivity contribution in [2.75, 3.05) is 5.73 Å². The first-order valence-corrected chi connectivity index (χ1v) is 7.01. The molecular weight excluding hydrogens is 312 g/mol. The molecule has 0 saturated carbocycles. The molecule has 3 rings (SSSR count). The van der Waals surface area contributed by atoms with Crippen LogP contribution in [0.15, 0.2) is 36.4 Å². The number of rotatable bonds is 2. The van der Waals surface area contributed by atoms with E-state index in [1.165, 1.54) is 0 Å². The minimum Gasteiger partial charge on any atom is -0.478 e. The quantitative estimate of drug-likeness (QED) is 0.617. The number of carboxylic acid groups (broad SMARTS) is 2. The van der Waals surface area contributed by atoms with Gasteiger partial charge in [-0.15, -0.1) is 0 Å². The van der Waals surface area contributed by atoms with Crippen LogP contribution in [0.5, 0.6) is 0 Å². The summed E-state index contributed by atoms with van der Waals surface area (Å²) in [6.07, 6.45) is -2.84. The number of pyridine rings is 1. The van der Waals surface area contributed by atoms with Gasteiger partial charge in [0, 0.05) is 37.2 Å². The molecule has 0 bridgehead atoms. The number of para-hydroxylation sites is 1. The maximum Gasteiger partial charge on any atom is 0.328 e. The monoisotopic (exact) mass is 333 g/mol. The molecule has 0 spiro atoms. The van der Waals surface area contributed by atoms with Crippen molar-refractivity contribution in [3.8, 4) is 0 Å². The van der Waals surface area contributed by atoms with Gasteiger partial charge in [0.15, 0.2) is 0 Å². The van der Waals surface area contributed by atoms with E-state index in [4.69, 9.17) is 20.1 Å². The van der Waals surface area contributed by atoms with Crippen molar-refractivity contribution in [1.29, 1.82) is 0 Å². The van der Waals surface area contributed by atoms with Gasteiger partial charge in [0.25, 0.3) is 0 Å². The zero-order valence-electron chi connectivity index (χ0n) is 15.6. The Bertz CT molecular complexity index is 912. The lowest BCUT2D eigenvalue weighted by Gasteiger charge is -2.23. The van der Waals surface area contributed by atoms with Crippen molar-refractivity contribution < 1.29 is 29.0 Å². The fraction of sp³-hybridized carbons (Fsp3) is 0.235. The van der Waals surface area contributed by atoms with Crippen LogP contribution in [0.25, 0.3) is 10.9 Å². The van der Waals surface area contributed by atoms with Gasteiger partial charge in [-0.25, -0.2) is 9.59 Å². The molecule has 0 amide bonds. The number of hydrogen-bond acceptors (Lipinski definition) is 5. The summed E-state index contributed by atoms with van der Waals surface area (Å²) in [6, 6.07) is 7.22. The van der Waals surface area contributed by atoms with Crippen molar-refractivity contribution in [1.82, 2.24) is 4.98 Å². The van der Waals surface area contributed by atoms with Gasteiger partial charge in [-0.2, -0.15) is 0 Å². The van der Waals surface area contributed by atoms with Crippen LogP contribution >= 0.6 is 0 Å². The third-order valence-electron chi connectivity index (χ3n) is 3.27. The smallest absolute Gasteiger partial charge is 0.328 e. The van der Waals surface area contributed by atoms with Gasteiger partial charge in [-0.1, -0.05) is 18.2 Å². The number of hydrogen-bond donors (Lipinski definition) is 4. The van der Waals surface area contributed by atoms with E-state index >= 15 is 0 Å². The number of aliphatic hydroxyl groups is 1. The highest BCUT2D eigenvalue weighted by Crippen LogP contribution is 2.36. The van der Waals surface area contributed by atoms with Gasteiger partial charge in [0.05, 0.1) is 13.0 Å². The second kappa shape index (κ2) is 7.56. The molecule has 1 heterocycles. The van der Waals surface area contributed by atoms with E-state index in [2.05, 4.69) is 4.98 Å². The average Bonchev–Trinajstić information content (AvgIpc) is 2.57. The maximum atomic E-state index is 10.3. The molecule has 0 aliphatic heterocycles. The molecule has 7 heteroatoms. The Kier molecular flexibility index (Phi) is 4.25. The van der Waals surface area contributed by atoms with Crippen molar-refractivity contribution in [3.63, 3.8) is 0 Å². The summed E-state index contributed by atoms with van der Waals surface area (Å²) >= 11 is 0. The minimum atomic E-state index is -2.36. The predicted molar refractivity (Wildman–Crippen MR) is 88.5 cm³/mol. The Morgan fingerprint density at radius 1 is 1.29 bits per heavy atom. The molecule has 2 aromatic rings. The van der Waals surface area contributed by atoms with E-state index in [9.17, 15) is 14.7 Å². The Morgan fingerprint density at radius 3 is 2.54 bits per heavy atom. The predicted octanol–water partition coefficient (Wildman–Crippen LogP) is 1.90. The molecule has 0 fully saturated rings. The standard InChI is InChI=1S/C13H14N2O.C4H4O4/c14-13-8-4-1-2-5-9(8)15-10-6-3-7-11(16)12(10)13;5-3(6)1-2-4(7)8/h1-2,4-5,11,16H,3,6-7H2,(H2,14,15);1-2H,(H,5,6)(H,7,8)/i7D2,11D;. The normalized spacial score (nSPS) is 23.3. The Labute approximate surface area is 142 Å². The van der Waals surface area contributed by atoms with Crippen molar-refractivity contribution in [2.24, 2.45) is 0 Å². The molecule has 24 heavy (non-hydrogen) atoms. The molecule has 1 aromatic carbocycles. The number of aryl methyl sites for hydroxylation is 1. The van der Waals surface area contributed by atoms with Gasteiger partial charge in [-0.3, -0.25) is 4.98 Å². The molecule has 1 aromatic heterocycles. The first kappa shape index (κ1) is 13.5. The third-order valence-corrected chi connectivity index (χ3v) is 3.27. The SMILES string of the molecule is O=C(O)C=CC(=O)O.[2H]C1([2H])CCc2nc3ccccc3c(N)c2C1([2H])O. The van der Waals surface area contributed by atoms with Gasteiger partial charge >= 0.3 is 11.9 Å². The minimum absolute atomic E-state index is 0.0603. The fourth-order valence-corrected chi connectivity index (χ4v) is 2.27. The molecule has 1 aliphatic carbocycles. The number of carbonyl (C=O) groups is 2. The summed E-state index contributed by atoms with van der Waals surface area (Å²) < 4.78 is 23.6. The second-order valence-corrected chi connectivity index (χ2v) is 4.90. The number of anilines is 1. The van der Waals surface area contributed by atoms with Gasteiger partial charge < -0.3 is 21.1 Å². The molecule has 1 unspecified atom stereocenters. The highest BCUT2D eigenvalue weighted by Gasteiger charge is 2.23. The first-order valence-electron chi connectivity index (χ1n) is 8.51. The number of nitrogens with two attached hydrogens (primary N) is 1. The van der Waals surface area contributed by atoms with E-state index in [-0.39, 0.29) is 17.7 Å². The molecule has 0 saturated heterocycles. The van der Waals surface area contributed by atoms with Crippen LogP contribution in [0.2, 0.25) is 0 Å². The molecule has 1 aliphatic rings. The van der Waals surface area contributed by atoms with Crippen LogP contribution in [0.1, 0.15) is 34.2 Å². The Balaban J connectivity index is 0.000000279. The van der Waals surface area contributed by atoms with E-state index < -0.39 is 24.4 Å². The zero-order valence-corrected chi connectivity index (χ0v) is 12.6. The molecular formula is C17H18N2O5. The Hall–Kier alpha value is -2.93. The van der Waals surface area contributed by atoms with Gasteiger partial charge in [0.1, 0.15) is 0 Å². The van der Waals surface area contributed by atoms with E-state index in [1.807, 2.05) is 12.1 Å². The molecule has 1 atom stereocenters. The summed E-state index contributed by atoms with van der Waals surface area (Å²) in [5.41, 5.74) is 7.64. The second-order valence-electron chi connectivity index (χ2n) is 4.90. The number of aliphatic carboxylic acids is 2. The van der Waals surface area contributed by atoms with Crippen LogP contribution in [0.3, 0.4) is 0 Å². The van der Waals surface area contributed by atoms with Crippen LogP contribution < -0.4 is 5.73 Å². The lowest BCUT2D eigenvalue weighted by molar-refractivity contribution is -0.134. The number of benzene rings is 1. The van der Waals surface area contributed by atoms with E-state index in [1.54, 1.807) is 12.1 Å². The maximum absolute atomic E-state index is 10.3. The summed E-state index contributed by atoms with van der Waals surface area (Å²) in [7, 11) is 0. The summed E-state index contributed by atoms with van der Waals surface area (Å²) in [5.74, 6) is -2.51. The van der Waals surface area contributed by atoms with Crippen LogP contribution in [-0.2, 0) is 16.0 Å². The molecule has 0 radical (unpaired) electrons. The summed E-state index contributed by atoms with van der Waals surface area (Å²) in [4.78, 5) is 23.5. The number of nitrogens with zero attached hydrogens (tertiary/aromatic N) is 1. The molecule has 126 valence electrons. The number of aromatic nitrogens is 1. The average molecular weight is 333 g/mol. The lowest BCUT2D eigenvalue weighted by Crippen LogP contribution is -2.14. The highest BCUT2D eigenvalue weighted by atomic mass is 16.4. The third kappa shape index (κ3) is 4.08. The van der Waals surface area contributed by atoms with Gasteiger partial charge in [0.2, 0.25) is 0 Å². The fourth-order valence-electron chi connectivity index (χ4n) is 2.27. The largest absolute Gasteiger partial charge is 0.478 e. The highest BCUT2D eigenvalue weighted by molar-refractivity contribution is 5.92. The van der Waals surface area contributed by atoms with Crippen LogP contribution in [-0.4, -0.2) is 32.2 Å². The van der Waals surface area contributed by atoms with Gasteiger partial charge in [-0.05, 0) is 25.3 Å². The van der Waals surface area contributed by atoms with E-state index in [0.29, 0.717) is 35.2 Å². The van der Waals surface area contributed by atoms with Crippen LogP contribution in [0, 0.1) is 0 Å². The number of nitrogen functional groups attached to an aromatic ring is 1. The number of fused-ring (bicyclic) bond motifs is 2. The van der Waals surface area contributed by atoms with Crippen LogP contribution in [0.4, 0.5) is 5.69 Å². The van der Waals surface area contributed by atoms with E-state index in [0.717, 1.165) is 0 Å². The summed E-state index contributed by atoms with van der Waals surface area (Å²) in [6.45, 7) is 0. The zero-order chi connectivity index (χ0) is 20.4. The Morgan fingerprint density at radius 2 is 1.92 bits per heavy atom. The lowest BCUT2D eigenvalue weighted by atomic mass is 9.90. The van der Waals surface area contributed by atoms with Crippen molar-refractivity contribution in [3.05, 3.63) is 47.7 Å². The number of carboxylic acids is 2. The molecule has 7 nitrogen and oxygen atoms in total.